The van der Waals surface area contributed by atoms with Crippen LogP contribution in [0.2, 0.25) is 5.02 Å². The van der Waals surface area contributed by atoms with Gasteiger partial charge in [0, 0.05) is 42.0 Å². The van der Waals surface area contributed by atoms with Gasteiger partial charge in [-0.25, -0.2) is 23.5 Å². The lowest BCUT2D eigenvalue weighted by Gasteiger charge is -2.33. The second-order valence-corrected chi connectivity index (χ2v) is 9.01. The lowest BCUT2D eigenvalue weighted by atomic mass is 10.00. The molecular formula is C18H20ClN5O2S. The van der Waals surface area contributed by atoms with E-state index in [1.165, 1.54) is 0 Å². The van der Waals surface area contributed by atoms with Crippen LogP contribution in [0.15, 0.2) is 43.0 Å². The Morgan fingerprint density at radius 3 is 2.89 bits per heavy atom. The summed E-state index contributed by atoms with van der Waals surface area (Å²) in [6.45, 7) is 1.43. The van der Waals surface area contributed by atoms with Gasteiger partial charge in [0.15, 0.2) is 0 Å². The highest BCUT2D eigenvalue weighted by molar-refractivity contribution is 7.89. The van der Waals surface area contributed by atoms with E-state index >= 15 is 0 Å². The molecule has 3 heterocycles. The maximum atomic E-state index is 11.5. The number of fused-ring (bicyclic) bond motifs is 1. The molecule has 0 saturated carbocycles. The number of hydrogen-bond acceptors (Lipinski definition) is 5. The van der Waals surface area contributed by atoms with Crippen molar-refractivity contribution in [3.63, 3.8) is 0 Å². The van der Waals surface area contributed by atoms with Gasteiger partial charge in [0.1, 0.15) is 5.82 Å². The van der Waals surface area contributed by atoms with E-state index in [0.717, 1.165) is 41.8 Å². The van der Waals surface area contributed by atoms with Gasteiger partial charge in [0.2, 0.25) is 10.0 Å². The standard InChI is InChI=1S/C18H20ClN5O2S/c19-14-3-4-15-16(8-14)22-18(9-17(15)24-7-5-21-12-24)23-6-1-2-13(10-23)11-27(20,25)26/h3-5,7-9,12-13H,1-2,6,10-11H2,(H2,20,25,26). The van der Waals surface area contributed by atoms with E-state index in [1.807, 2.05) is 35.0 Å². The Hall–Kier alpha value is -2.16. The van der Waals surface area contributed by atoms with Gasteiger partial charge < -0.3 is 9.47 Å². The van der Waals surface area contributed by atoms with Gasteiger partial charge in [-0.15, -0.1) is 0 Å². The fourth-order valence-electron chi connectivity index (χ4n) is 3.68. The zero-order chi connectivity index (χ0) is 19.0. The molecule has 0 spiro atoms. The Morgan fingerprint density at radius 1 is 1.30 bits per heavy atom. The van der Waals surface area contributed by atoms with Crippen molar-refractivity contribution in [2.45, 2.75) is 12.8 Å². The number of rotatable bonds is 4. The second kappa shape index (κ2) is 7.10. The fraction of sp³-hybridized carbons (Fsp3) is 0.333. The van der Waals surface area contributed by atoms with E-state index in [9.17, 15) is 8.42 Å². The SMILES string of the molecule is NS(=O)(=O)CC1CCCN(c2cc(-n3ccnc3)c3ccc(Cl)cc3n2)C1. The quantitative estimate of drug-likeness (QED) is 0.719. The summed E-state index contributed by atoms with van der Waals surface area (Å²) in [5, 5.41) is 6.83. The molecular weight excluding hydrogens is 386 g/mol. The first-order chi connectivity index (χ1) is 12.9. The molecule has 142 valence electrons. The average molecular weight is 406 g/mol. The van der Waals surface area contributed by atoms with Crippen molar-refractivity contribution in [3.05, 3.63) is 48.0 Å². The molecule has 1 aliphatic rings. The molecule has 3 aromatic rings. The molecule has 0 aliphatic carbocycles. The largest absolute Gasteiger partial charge is 0.356 e. The normalized spacial score (nSPS) is 18.1. The Labute approximate surface area is 162 Å². The van der Waals surface area contributed by atoms with Crippen LogP contribution in [0.5, 0.6) is 0 Å². The molecule has 0 bridgehead atoms. The van der Waals surface area contributed by atoms with E-state index in [0.29, 0.717) is 11.6 Å². The summed E-state index contributed by atoms with van der Waals surface area (Å²) < 4.78 is 24.9. The van der Waals surface area contributed by atoms with Crippen LogP contribution < -0.4 is 10.0 Å². The predicted octanol–water partition coefficient (Wildman–Crippen LogP) is 2.58. The van der Waals surface area contributed by atoms with Crippen molar-refractivity contribution in [2.24, 2.45) is 11.1 Å². The van der Waals surface area contributed by atoms with Crippen LogP contribution in [0.3, 0.4) is 0 Å². The third-order valence-corrected chi connectivity index (χ3v) is 6.00. The monoisotopic (exact) mass is 405 g/mol. The molecule has 1 aliphatic heterocycles. The van der Waals surface area contributed by atoms with E-state index in [-0.39, 0.29) is 11.7 Å². The number of nitrogens with two attached hydrogens (primary N) is 1. The van der Waals surface area contributed by atoms with Crippen LogP contribution in [0, 0.1) is 5.92 Å². The number of pyridine rings is 1. The molecule has 2 N–H and O–H groups in total. The lowest BCUT2D eigenvalue weighted by molar-refractivity contribution is 0.442. The van der Waals surface area contributed by atoms with Crippen molar-refractivity contribution in [1.29, 1.82) is 0 Å². The number of nitrogens with zero attached hydrogens (tertiary/aromatic N) is 4. The summed E-state index contributed by atoms with van der Waals surface area (Å²) in [5.74, 6) is 0.798. The topological polar surface area (TPSA) is 94.1 Å². The van der Waals surface area contributed by atoms with Crippen LogP contribution in [-0.4, -0.2) is 41.8 Å². The van der Waals surface area contributed by atoms with E-state index in [2.05, 4.69) is 9.88 Å². The minimum Gasteiger partial charge on any atom is -0.356 e. The molecule has 0 amide bonds. The Kier molecular flexibility index (Phi) is 4.79. The summed E-state index contributed by atoms with van der Waals surface area (Å²) in [6.07, 6.45) is 7.10. The Bertz CT molecular complexity index is 1070. The average Bonchev–Trinajstić information content (AvgIpc) is 3.13. The molecule has 1 aromatic carbocycles. The third-order valence-electron chi connectivity index (χ3n) is 4.83. The maximum Gasteiger partial charge on any atom is 0.209 e. The number of aromatic nitrogens is 3. The third kappa shape index (κ3) is 4.07. The van der Waals surface area contributed by atoms with Gasteiger partial charge >= 0.3 is 0 Å². The van der Waals surface area contributed by atoms with Crippen molar-refractivity contribution in [2.75, 3.05) is 23.7 Å². The van der Waals surface area contributed by atoms with Gasteiger partial charge in [0.25, 0.3) is 0 Å². The van der Waals surface area contributed by atoms with E-state index < -0.39 is 10.0 Å². The van der Waals surface area contributed by atoms with Gasteiger partial charge in [-0.05, 0) is 37.0 Å². The van der Waals surface area contributed by atoms with Crippen molar-refractivity contribution >= 4 is 38.3 Å². The highest BCUT2D eigenvalue weighted by Gasteiger charge is 2.25. The molecule has 27 heavy (non-hydrogen) atoms. The number of primary sulfonamides is 1. The Morgan fingerprint density at radius 2 is 2.15 bits per heavy atom. The van der Waals surface area contributed by atoms with Crippen LogP contribution in [0.1, 0.15) is 12.8 Å². The molecule has 4 rings (SSSR count). The molecule has 9 heteroatoms. The molecule has 0 radical (unpaired) electrons. The molecule has 2 aromatic heterocycles. The number of benzene rings is 1. The summed E-state index contributed by atoms with van der Waals surface area (Å²) >= 11 is 6.18. The number of anilines is 1. The highest BCUT2D eigenvalue weighted by Crippen LogP contribution is 2.30. The summed E-state index contributed by atoms with van der Waals surface area (Å²) in [7, 11) is -3.49. The molecule has 1 saturated heterocycles. The number of sulfonamides is 1. The minimum absolute atomic E-state index is 0.00213. The van der Waals surface area contributed by atoms with Gasteiger partial charge in [-0.2, -0.15) is 0 Å². The number of imidazole rings is 1. The number of hydrogen-bond donors (Lipinski definition) is 1. The van der Waals surface area contributed by atoms with Gasteiger partial charge in [-0.1, -0.05) is 11.6 Å². The Balaban J connectivity index is 1.75. The lowest BCUT2D eigenvalue weighted by Crippen LogP contribution is -2.39. The smallest absolute Gasteiger partial charge is 0.209 e. The summed E-state index contributed by atoms with van der Waals surface area (Å²) in [4.78, 5) is 11.1. The van der Waals surface area contributed by atoms with Crippen LogP contribution in [-0.2, 0) is 10.0 Å². The maximum absolute atomic E-state index is 11.5. The second-order valence-electron chi connectivity index (χ2n) is 6.91. The van der Waals surface area contributed by atoms with Crippen molar-refractivity contribution < 1.29 is 8.42 Å². The predicted molar refractivity (Wildman–Crippen MR) is 107 cm³/mol. The van der Waals surface area contributed by atoms with Crippen molar-refractivity contribution in [1.82, 2.24) is 14.5 Å². The van der Waals surface area contributed by atoms with Crippen molar-refractivity contribution in [3.8, 4) is 5.69 Å². The van der Waals surface area contributed by atoms with E-state index in [4.69, 9.17) is 21.7 Å². The van der Waals surface area contributed by atoms with Gasteiger partial charge in [-0.3, -0.25) is 0 Å². The first kappa shape index (κ1) is 18.2. The zero-order valence-electron chi connectivity index (χ0n) is 14.6. The molecule has 1 atom stereocenters. The molecule has 7 nitrogen and oxygen atoms in total. The summed E-state index contributed by atoms with van der Waals surface area (Å²) in [5.41, 5.74) is 1.75. The summed E-state index contributed by atoms with van der Waals surface area (Å²) in [6, 6.07) is 7.64. The van der Waals surface area contributed by atoms with Crippen LogP contribution in [0.4, 0.5) is 5.82 Å². The first-order valence-corrected chi connectivity index (χ1v) is 10.8. The fourth-order valence-corrected chi connectivity index (χ4v) is 4.78. The van der Waals surface area contributed by atoms with E-state index in [1.54, 1.807) is 12.5 Å². The van der Waals surface area contributed by atoms with Crippen LogP contribution in [0.25, 0.3) is 16.6 Å². The van der Waals surface area contributed by atoms with Crippen LogP contribution >= 0.6 is 11.6 Å². The number of halogens is 1. The number of piperidine rings is 1. The zero-order valence-corrected chi connectivity index (χ0v) is 16.2. The van der Waals surface area contributed by atoms with Gasteiger partial charge in [0.05, 0.1) is 23.3 Å². The highest BCUT2D eigenvalue weighted by atomic mass is 35.5. The minimum atomic E-state index is -3.49. The first-order valence-electron chi connectivity index (χ1n) is 8.73. The molecule has 1 unspecified atom stereocenters. The molecule has 1 fully saturated rings.